The fourth-order valence-electron chi connectivity index (χ4n) is 1.62. The molecule has 0 aliphatic carbocycles. The number of nitrogens with zero attached hydrogens (tertiary/aromatic N) is 1. The molecule has 100 valence electrons. The van der Waals surface area contributed by atoms with Crippen molar-refractivity contribution < 1.29 is 9.72 Å². The lowest BCUT2D eigenvalue weighted by Crippen LogP contribution is -2.31. The molecule has 18 heavy (non-hydrogen) atoms. The monoisotopic (exact) mass is 270 g/mol. The average Bonchev–Trinajstić information content (AvgIpc) is 2.78. The lowest BCUT2D eigenvalue weighted by molar-refractivity contribution is -0.380. The molecule has 6 heteroatoms. The van der Waals surface area contributed by atoms with Crippen LogP contribution in [0.15, 0.2) is 12.1 Å². The van der Waals surface area contributed by atoms with Crippen molar-refractivity contribution in [3.8, 4) is 0 Å². The van der Waals surface area contributed by atoms with Gasteiger partial charge in [0.2, 0.25) is 0 Å². The summed E-state index contributed by atoms with van der Waals surface area (Å²) in [6.07, 6.45) is 4.33. The van der Waals surface area contributed by atoms with Crippen LogP contribution in [0.25, 0.3) is 0 Å². The van der Waals surface area contributed by atoms with Crippen LogP contribution in [-0.2, 0) is 0 Å². The van der Waals surface area contributed by atoms with Crippen molar-refractivity contribution in [2.75, 3.05) is 0 Å². The van der Waals surface area contributed by atoms with E-state index in [4.69, 9.17) is 0 Å². The molecule has 0 aromatic carbocycles. The number of carbonyl (C=O) groups is 1. The maximum Gasteiger partial charge on any atom is 0.324 e. The third kappa shape index (κ3) is 4.44. The van der Waals surface area contributed by atoms with E-state index >= 15 is 0 Å². The molecule has 0 aliphatic rings. The van der Waals surface area contributed by atoms with Crippen LogP contribution in [0.4, 0.5) is 5.00 Å². The number of unbranched alkanes of at least 4 members (excludes halogenated alkanes) is 2. The van der Waals surface area contributed by atoms with Crippen LogP contribution >= 0.6 is 11.3 Å². The van der Waals surface area contributed by atoms with Gasteiger partial charge in [0.05, 0.1) is 9.80 Å². The first-order valence-electron chi connectivity index (χ1n) is 6.09. The van der Waals surface area contributed by atoms with Crippen LogP contribution in [0.3, 0.4) is 0 Å². The Balaban J connectivity index is 2.46. The molecule has 1 N–H and O–H groups in total. The number of rotatable bonds is 7. The summed E-state index contributed by atoms with van der Waals surface area (Å²) in [7, 11) is 0. The first-order valence-corrected chi connectivity index (χ1v) is 6.91. The highest BCUT2D eigenvalue weighted by molar-refractivity contribution is 7.17. The third-order valence-electron chi connectivity index (χ3n) is 2.61. The van der Waals surface area contributed by atoms with Gasteiger partial charge in [-0.05, 0) is 19.4 Å². The fraction of sp³-hybridized carbons (Fsp3) is 0.583. The van der Waals surface area contributed by atoms with Crippen molar-refractivity contribution >= 4 is 22.2 Å². The summed E-state index contributed by atoms with van der Waals surface area (Å²) in [5.41, 5.74) is 0. The first kappa shape index (κ1) is 14.6. The molecule has 0 aliphatic heterocycles. The maximum absolute atomic E-state index is 11.8. The summed E-state index contributed by atoms with van der Waals surface area (Å²) < 4.78 is 0. The van der Waals surface area contributed by atoms with Crippen LogP contribution in [0.1, 0.15) is 49.2 Å². The Morgan fingerprint density at radius 1 is 1.50 bits per heavy atom. The summed E-state index contributed by atoms with van der Waals surface area (Å²) in [5.74, 6) is -0.225. The highest BCUT2D eigenvalue weighted by atomic mass is 32.1. The van der Waals surface area contributed by atoms with E-state index in [9.17, 15) is 14.9 Å². The van der Waals surface area contributed by atoms with Gasteiger partial charge in [0, 0.05) is 12.1 Å². The highest BCUT2D eigenvalue weighted by Crippen LogP contribution is 2.23. The van der Waals surface area contributed by atoms with Gasteiger partial charge in [-0.15, -0.1) is 0 Å². The molecule has 1 atom stereocenters. The minimum Gasteiger partial charge on any atom is -0.349 e. The number of amides is 1. The van der Waals surface area contributed by atoms with Gasteiger partial charge in [0.15, 0.2) is 0 Å². The van der Waals surface area contributed by atoms with Gasteiger partial charge in [-0.25, -0.2) is 0 Å². The van der Waals surface area contributed by atoms with Gasteiger partial charge in [0.25, 0.3) is 5.91 Å². The second-order valence-electron chi connectivity index (χ2n) is 4.27. The Morgan fingerprint density at radius 2 is 2.22 bits per heavy atom. The van der Waals surface area contributed by atoms with Gasteiger partial charge < -0.3 is 5.32 Å². The number of carbonyl (C=O) groups excluding carboxylic acids is 1. The van der Waals surface area contributed by atoms with E-state index in [-0.39, 0.29) is 17.0 Å². The number of thiophene rings is 1. The molecule has 0 bridgehead atoms. The van der Waals surface area contributed by atoms with Crippen LogP contribution < -0.4 is 5.32 Å². The molecule has 1 aromatic rings. The average molecular weight is 270 g/mol. The minimum atomic E-state index is -0.480. The SMILES string of the molecule is CCCCCC(C)NC(=O)c1ccc([N+](=O)[O-])s1. The van der Waals surface area contributed by atoms with Crippen molar-refractivity contribution in [3.05, 3.63) is 27.1 Å². The minimum absolute atomic E-state index is 0.00112. The van der Waals surface area contributed by atoms with Crippen LogP contribution in [-0.4, -0.2) is 16.9 Å². The Kier molecular flexibility index (Phi) is 5.77. The molecule has 0 radical (unpaired) electrons. The van der Waals surface area contributed by atoms with E-state index < -0.39 is 4.92 Å². The number of hydrogen-bond acceptors (Lipinski definition) is 4. The zero-order chi connectivity index (χ0) is 13.5. The van der Waals surface area contributed by atoms with Crippen LogP contribution in [0.5, 0.6) is 0 Å². The van der Waals surface area contributed by atoms with Crippen molar-refractivity contribution in [3.63, 3.8) is 0 Å². The molecule has 0 fully saturated rings. The zero-order valence-electron chi connectivity index (χ0n) is 10.6. The second kappa shape index (κ2) is 7.10. The summed E-state index contributed by atoms with van der Waals surface area (Å²) in [5, 5.41) is 13.4. The molecule has 0 saturated heterocycles. The van der Waals surface area contributed by atoms with Crippen molar-refractivity contribution in [1.29, 1.82) is 0 Å². The normalized spacial score (nSPS) is 12.1. The standard InChI is InChI=1S/C12H18N2O3S/c1-3-4-5-6-9(2)13-12(15)10-7-8-11(18-10)14(16)17/h7-9H,3-6H2,1-2H3,(H,13,15). The lowest BCUT2D eigenvalue weighted by Gasteiger charge is -2.12. The summed E-state index contributed by atoms with van der Waals surface area (Å²) in [6, 6.07) is 2.96. The Bertz CT molecular complexity index is 417. The number of nitro groups is 1. The third-order valence-corrected chi connectivity index (χ3v) is 3.65. The molecule has 1 amide bonds. The Labute approximate surface area is 110 Å². The molecule has 0 spiro atoms. The second-order valence-corrected chi connectivity index (χ2v) is 5.33. The highest BCUT2D eigenvalue weighted by Gasteiger charge is 2.16. The van der Waals surface area contributed by atoms with E-state index in [2.05, 4.69) is 12.2 Å². The largest absolute Gasteiger partial charge is 0.349 e. The van der Waals surface area contributed by atoms with Crippen LogP contribution in [0, 0.1) is 10.1 Å². The van der Waals surface area contributed by atoms with Gasteiger partial charge >= 0.3 is 5.00 Å². The van der Waals surface area contributed by atoms with Gasteiger partial charge in [-0.1, -0.05) is 37.5 Å². The summed E-state index contributed by atoms with van der Waals surface area (Å²) in [4.78, 5) is 22.2. The summed E-state index contributed by atoms with van der Waals surface area (Å²) >= 11 is 0.908. The molecule has 0 saturated carbocycles. The molecule has 1 aromatic heterocycles. The van der Waals surface area contributed by atoms with Crippen LogP contribution in [0.2, 0.25) is 0 Å². The van der Waals surface area contributed by atoms with E-state index in [1.165, 1.54) is 12.1 Å². The smallest absolute Gasteiger partial charge is 0.324 e. The number of hydrogen-bond donors (Lipinski definition) is 1. The predicted octanol–water partition coefficient (Wildman–Crippen LogP) is 3.35. The molecule has 1 heterocycles. The topological polar surface area (TPSA) is 72.2 Å². The maximum atomic E-state index is 11.8. The fourth-order valence-corrected chi connectivity index (χ4v) is 2.34. The van der Waals surface area contributed by atoms with E-state index in [0.717, 1.165) is 37.0 Å². The van der Waals surface area contributed by atoms with E-state index in [0.29, 0.717) is 4.88 Å². The van der Waals surface area contributed by atoms with Gasteiger partial charge in [-0.2, -0.15) is 0 Å². The molecule has 1 unspecified atom stereocenters. The zero-order valence-corrected chi connectivity index (χ0v) is 11.5. The van der Waals surface area contributed by atoms with Gasteiger partial charge in [-0.3, -0.25) is 14.9 Å². The predicted molar refractivity (Wildman–Crippen MR) is 72.0 cm³/mol. The van der Waals surface area contributed by atoms with E-state index in [1.54, 1.807) is 0 Å². The summed E-state index contributed by atoms with van der Waals surface area (Å²) in [6.45, 7) is 4.09. The van der Waals surface area contributed by atoms with E-state index in [1.807, 2.05) is 6.92 Å². The quantitative estimate of drug-likeness (QED) is 0.469. The van der Waals surface area contributed by atoms with Crippen molar-refractivity contribution in [2.24, 2.45) is 0 Å². The Hall–Kier alpha value is -1.43. The molecule has 5 nitrogen and oxygen atoms in total. The Morgan fingerprint density at radius 3 is 2.78 bits per heavy atom. The number of nitrogens with one attached hydrogen (secondary N) is 1. The molecular weight excluding hydrogens is 252 g/mol. The first-order chi connectivity index (χ1) is 8.54. The molecule has 1 rings (SSSR count). The van der Waals surface area contributed by atoms with Crippen molar-refractivity contribution in [1.82, 2.24) is 5.32 Å². The lowest BCUT2D eigenvalue weighted by atomic mass is 10.1. The van der Waals surface area contributed by atoms with Crippen molar-refractivity contribution in [2.45, 2.75) is 45.6 Å². The van der Waals surface area contributed by atoms with Gasteiger partial charge in [0.1, 0.15) is 0 Å². The molecular formula is C12H18N2O3S.